The zero-order valence-electron chi connectivity index (χ0n) is 22.0. The lowest BCUT2D eigenvalue weighted by Gasteiger charge is -2.38. The van der Waals surface area contributed by atoms with E-state index in [1.807, 2.05) is 32.3 Å². The van der Waals surface area contributed by atoms with Gasteiger partial charge in [-0.1, -0.05) is 67.5 Å². The second-order valence-corrected chi connectivity index (χ2v) is 16.0. The van der Waals surface area contributed by atoms with Crippen molar-refractivity contribution in [3.8, 4) is 0 Å². The molecule has 3 rings (SSSR count). The number of hydrazine groups is 1. The summed E-state index contributed by atoms with van der Waals surface area (Å²) in [6, 6.07) is -0.658. The molecular formula is C25H44N4O3S2. The van der Waals surface area contributed by atoms with Gasteiger partial charge in [0.15, 0.2) is 0 Å². The van der Waals surface area contributed by atoms with Crippen molar-refractivity contribution in [1.82, 2.24) is 20.5 Å². The van der Waals surface area contributed by atoms with Crippen molar-refractivity contribution in [3.63, 3.8) is 0 Å². The number of allylic oxidation sites excluding steroid dienone is 1. The molecule has 1 amide bonds. The number of amides is 1. The van der Waals surface area contributed by atoms with Crippen LogP contribution >= 0.6 is 11.8 Å². The Hall–Kier alpha value is -0.870. The quantitative estimate of drug-likeness (QED) is 0.325. The predicted molar refractivity (Wildman–Crippen MR) is 142 cm³/mol. The van der Waals surface area contributed by atoms with Crippen molar-refractivity contribution >= 4 is 27.7 Å². The van der Waals surface area contributed by atoms with Crippen LogP contribution in [-0.2, 0) is 14.8 Å². The van der Waals surface area contributed by atoms with Gasteiger partial charge in [-0.3, -0.25) is 10.2 Å². The fourth-order valence-electron chi connectivity index (χ4n) is 5.07. The first kappa shape index (κ1) is 27.7. The fourth-order valence-corrected chi connectivity index (χ4v) is 8.67. The fraction of sp³-hybridized carbons (Fsp3) is 0.800. The lowest BCUT2D eigenvalue weighted by atomic mass is 9.85. The average Bonchev–Trinajstić information content (AvgIpc) is 2.97. The molecule has 2 heterocycles. The Morgan fingerprint density at radius 1 is 1.21 bits per heavy atom. The highest BCUT2D eigenvalue weighted by Crippen LogP contribution is 2.58. The molecule has 3 unspecified atom stereocenters. The Balaban J connectivity index is 1.65. The maximum absolute atomic E-state index is 13.2. The van der Waals surface area contributed by atoms with Crippen molar-refractivity contribution in [1.29, 1.82) is 0 Å². The molecule has 1 saturated carbocycles. The topological polar surface area (TPSA) is 90.5 Å². The number of nitrogens with zero attached hydrogens (tertiary/aromatic N) is 1. The molecule has 7 nitrogen and oxygen atoms in total. The summed E-state index contributed by atoms with van der Waals surface area (Å²) in [5, 5.41) is 4.68. The number of carbonyl (C=O) groups is 1. The average molecular weight is 513 g/mol. The van der Waals surface area contributed by atoms with Gasteiger partial charge < -0.3 is 5.32 Å². The number of nitrogens with one attached hydrogen (secondary N) is 3. The summed E-state index contributed by atoms with van der Waals surface area (Å²) < 4.78 is 27.7. The highest BCUT2D eigenvalue weighted by Gasteiger charge is 2.55. The molecule has 2 fully saturated rings. The Morgan fingerprint density at radius 2 is 1.85 bits per heavy atom. The molecule has 2 aliphatic heterocycles. The summed E-state index contributed by atoms with van der Waals surface area (Å²) >= 11 is 1.60. The van der Waals surface area contributed by atoms with Gasteiger partial charge in [0.25, 0.3) is 0 Å². The summed E-state index contributed by atoms with van der Waals surface area (Å²) in [7, 11) is -3.36. The number of hydrogen-bond donors (Lipinski definition) is 3. The molecular weight excluding hydrogens is 468 g/mol. The Kier molecular flexibility index (Phi) is 7.78. The van der Waals surface area contributed by atoms with E-state index < -0.39 is 21.3 Å². The van der Waals surface area contributed by atoms with E-state index in [2.05, 4.69) is 57.4 Å². The van der Waals surface area contributed by atoms with Crippen LogP contribution in [0, 0.1) is 28.1 Å². The number of sulfonamides is 1. The SMILES string of the molecule is C=CC1[C@H](CNC(=O)[C@@H](NN[C@H](CN2CC3SC=CC3S2(=O)=O)C(C)(C)C)C(C)(C)C)C1(C)C. The van der Waals surface area contributed by atoms with Crippen LogP contribution in [0.5, 0.6) is 0 Å². The van der Waals surface area contributed by atoms with Crippen molar-refractivity contribution in [2.45, 2.75) is 78.0 Å². The van der Waals surface area contributed by atoms with Gasteiger partial charge in [0.05, 0.1) is 0 Å². The summed E-state index contributed by atoms with van der Waals surface area (Å²) in [6.07, 6.45) is 3.79. The molecule has 0 aromatic rings. The highest BCUT2D eigenvalue weighted by molar-refractivity contribution is 8.04. The summed E-state index contributed by atoms with van der Waals surface area (Å²) in [4.78, 5) is 13.2. The minimum absolute atomic E-state index is 0.0527. The lowest BCUT2D eigenvalue weighted by Crippen LogP contribution is -2.62. The first-order valence-electron chi connectivity index (χ1n) is 12.2. The van der Waals surface area contributed by atoms with E-state index in [1.165, 1.54) is 0 Å². The molecule has 0 aromatic heterocycles. The minimum Gasteiger partial charge on any atom is -0.354 e. The molecule has 3 aliphatic rings. The number of thioether (sulfide) groups is 1. The smallest absolute Gasteiger partial charge is 0.239 e. The van der Waals surface area contributed by atoms with Crippen LogP contribution in [0.4, 0.5) is 0 Å². The van der Waals surface area contributed by atoms with Crippen LogP contribution in [0.3, 0.4) is 0 Å². The van der Waals surface area contributed by atoms with Crippen LogP contribution in [0.15, 0.2) is 24.1 Å². The van der Waals surface area contributed by atoms with E-state index >= 15 is 0 Å². The van der Waals surface area contributed by atoms with E-state index in [-0.39, 0.29) is 33.4 Å². The second-order valence-electron chi connectivity index (χ2n) is 12.8. The van der Waals surface area contributed by atoms with Crippen molar-refractivity contribution in [3.05, 3.63) is 24.1 Å². The lowest BCUT2D eigenvalue weighted by molar-refractivity contribution is -0.126. The van der Waals surface area contributed by atoms with Crippen LogP contribution in [0.25, 0.3) is 0 Å². The van der Waals surface area contributed by atoms with Crippen molar-refractivity contribution in [2.24, 2.45) is 28.1 Å². The number of fused-ring (bicyclic) bond motifs is 1. The van der Waals surface area contributed by atoms with Gasteiger partial charge >= 0.3 is 0 Å². The van der Waals surface area contributed by atoms with Gasteiger partial charge in [-0.05, 0) is 33.5 Å². The van der Waals surface area contributed by atoms with Crippen LogP contribution in [0.2, 0.25) is 0 Å². The molecule has 0 radical (unpaired) electrons. The summed E-state index contributed by atoms with van der Waals surface area (Å²) in [5.74, 6) is 0.770. The van der Waals surface area contributed by atoms with E-state index in [4.69, 9.17) is 0 Å². The van der Waals surface area contributed by atoms with Gasteiger partial charge in [-0.2, -0.15) is 4.31 Å². The van der Waals surface area contributed by atoms with Gasteiger partial charge in [0.1, 0.15) is 11.3 Å². The maximum atomic E-state index is 13.2. The van der Waals surface area contributed by atoms with Crippen LogP contribution in [0.1, 0.15) is 55.4 Å². The van der Waals surface area contributed by atoms with Crippen molar-refractivity contribution < 1.29 is 13.2 Å². The number of hydrogen-bond acceptors (Lipinski definition) is 6. The molecule has 6 atom stereocenters. The van der Waals surface area contributed by atoms with Crippen LogP contribution < -0.4 is 16.2 Å². The van der Waals surface area contributed by atoms with Gasteiger partial charge in [-0.15, -0.1) is 18.3 Å². The van der Waals surface area contributed by atoms with E-state index in [0.29, 0.717) is 31.5 Å². The molecule has 9 heteroatoms. The van der Waals surface area contributed by atoms with Crippen LogP contribution in [-0.4, -0.2) is 60.8 Å². The zero-order valence-corrected chi connectivity index (χ0v) is 23.6. The zero-order chi connectivity index (χ0) is 25.7. The maximum Gasteiger partial charge on any atom is 0.239 e. The molecule has 1 aliphatic carbocycles. The standard InChI is InChI=1S/C25H44N4O3S2/c1-10-16-17(25(16,8)9)13-26-22(30)21(24(5,6)7)28-27-20(23(2,3)4)15-29-14-18-19(11-12-33-18)34(29,31)32/h10-12,16-21,27-28H,1,13-15H2,2-9H3,(H,26,30)/t16?,17-,18?,19?,20+,21+/m0/s1. The molecule has 1 saturated heterocycles. The van der Waals surface area contributed by atoms with Crippen molar-refractivity contribution in [2.75, 3.05) is 19.6 Å². The predicted octanol–water partition coefficient (Wildman–Crippen LogP) is 3.13. The second kappa shape index (κ2) is 9.54. The number of carbonyl (C=O) groups excluding carboxylic acids is 1. The molecule has 0 spiro atoms. The molecule has 194 valence electrons. The Labute approximate surface area is 211 Å². The first-order chi connectivity index (χ1) is 15.5. The molecule has 3 N–H and O–H groups in total. The van der Waals surface area contributed by atoms with Gasteiger partial charge in [0, 0.05) is 30.9 Å². The number of rotatable bonds is 9. The largest absolute Gasteiger partial charge is 0.354 e. The molecule has 0 bridgehead atoms. The monoisotopic (exact) mass is 512 g/mol. The third-order valence-electron chi connectivity index (χ3n) is 7.83. The molecule has 34 heavy (non-hydrogen) atoms. The third kappa shape index (κ3) is 5.59. The Morgan fingerprint density at radius 3 is 2.35 bits per heavy atom. The minimum atomic E-state index is -3.36. The first-order valence-corrected chi connectivity index (χ1v) is 14.7. The normalized spacial score (nSPS) is 31.6. The van der Waals surface area contributed by atoms with E-state index in [9.17, 15) is 13.2 Å². The third-order valence-corrected chi connectivity index (χ3v) is 11.3. The van der Waals surface area contributed by atoms with Gasteiger partial charge in [-0.25, -0.2) is 13.8 Å². The van der Waals surface area contributed by atoms with Gasteiger partial charge in [0.2, 0.25) is 15.9 Å². The highest BCUT2D eigenvalue weighted by atomic mass is 32.2. The molecule has 0 aromatic carbocycles. The summed E-state index contributed by atoms with van der Waals surface area (Å²) in [6.45, 7) is 22.2. The summed E-state index contributed by atoms with van der Waals surface area (Å²) in [5.41, 5.74) is 6.25. The Bertz CT molecular complexity index is 917. The van der Waals surface area contributed by atoms with E-state index in [1.54, 1.807) is 22.1 Å². The van der Waals surface area contributed by atoms with E-state index in [0.717, 1.165) is 0 Å².